The molecule has 0 atom stereocenters. The van der Waals surface area contributed by atoms with E-state index in [1.54, 1.807) is 13.8 Å². The number of ether oxygens (including phenoxy) is 3. The molecule has 0 saturated carbocycles. The van der Waals surface area contributed by atoms with Crippen molar-refractivity contribution in [3.8, 4) is 23.0 Å². The predicted octanol–water partition coefficient (Wildman–Crippen LogP) is 6.52. The quantitative estimate of drug-likeness (QED) is 0.0751. The number of nitrogens with zero attached hydrogens (tertiary/aromatic N) is 4. The fourth-order valence-corrected chi connectivity index (χ4v) is 8.30. The molecule has 16 nitrogen and oxygen atoms in total. The Morgan fingerprint density at radius 3 is 1.82 bits per heavy atom. The smallest absolute Gasteiger partial charge is 0.296 e. The Morgan fingerprint density at radius 1 is 0.700 bits per heavy atom. The summed E-state index contributed by atoms with van der Waals surface area (Å²) in [5, 5.41) is 27.5. The molecule has 0 bridgehead atoms. The first-order valence-electron chi connectivity index (χ1n) is 14.7. The van der Waals surface area contributed by atoms with Crippen LogP contribution >= 0.6 is 0 Å². The van der Waals surface area contributed by atoms with Gasteiger partial charge in [0.2, 0.25) is 0 Å². The van der Waals surface area contributed by atoms with Gasteiger partial charge in [0.25, 0.3) is 10.1 Å². The van der Waals surface area contributed by atoms with E-state index >= 15 is 0 Å². The molecular weight excluding hydrogens is 715 g/mol. The zero-order chi connectivity index (χ0) is 37.2. The van der Waals surface area contributed by atoms with Crippen molar-refractivity contribution in [3.05, 3.63) is 48.0 Å². The lowest BCUT2D eigenvalue weighted by molar-refractivity contribution is 0.393. The molecule has 0 heterocycles. The van der Waals surface area contributed by atoms with Crippen LogP contribution in [0, 0.1) is 6.92 Å². The topological polar surface area (TPSA) is 246 Å². The third-order valence-electron chi connectivity index (χ3n) is 7.50. The lowest BCUT2D eigenvalue weighted by Crippen LogP contribution is -2.08. The zero-order valence-electron chi connectivity index (χ0n) is 27.8. The fraction of sp³-hybridized carbons (Fsp3) is 0.290. The highest BCUT2D eigenvalue weighted by Gasteiger charge is 2.25. The molecule has 19 heteroatoms. The molecule has 0 fully saturated rings. The Bertz CT molecular complexity index is 2380. The van der Waals surface area contributed by atoms with Gasteiger partial charge in [-0.3, -0.25) is 4.55 Å². The van der Waals surface area contributed by atoms with Crippen molar-refractivity contribution in [1.29, 1.82) is 0 Å². The molecule has 0 amide bonds. The summed E-state index contributed by atoms with van der Waals surface area (Å²) in [6.45, 7) is 4.81. The van der Waals surface area contributed by atoms with Crippen molar-refractivity contribution in [3.63, 3.8) is 0 Å². The lowest BCUT2D eigenvalue weighted by atomic mass is 10.1. The van der Waals surface area contributed by atoms with Gasteiger partial charge in [-0.15, -0.1) is 20.5 Å². The summed E-state index contributed by atoms with van der Waals surface area (Å²) >= 11 is 0. The Hall–Kier alpha value is -4.85. The molecule has 4 aromatic rings. The number of methoxy groups -OCH3 is 3. The summed E-state index contributed by atoms with van der Waals surface area (Å²) in [6, 6.07) is 8.93. The molecule has 0 aromatic heterocycles. The molecule has 0 aliphatic rings. The van der Waals surface area contributed by atoms with Gasteiger partial charge in [0.05, 0.1) is 48.8 Å². The molecule has 50 heavy (non-hydrogen) atoms. The summed E-state index contributed by atoms with van der Waals surface area (Å²) in [7, 11) is -8.43. The van der Waals surface area contributed by atoms with Crippen LogP contribution in [0.15, 0.2) is 77.6 Å². The highest BCUT2D eigenvalue weighted by molar-refractivity contribution is 7.91. The number of fused-ring (bicyclic) bond motifs is 1. The van der Waals surface area contributed by atoms with Gasteiger partial charge >= 0.3 is 0 Å². The zero-order valence-corrected chi connectivity index (χ0v) is 30.3. The van der Waals surface area contributed by atoms with Crippen LogP contribution in [0.5, 0.6) is 23.0 Å². The number of phenols is 1. The minimum absolute atomic E-state index is 0.0477. The highest BCUT2D eigenvalue weighted by Crippen LogP contribution is 2.47. The van der Waals surface area contributed by atoms with E-state index in [9.17, 15) is 34.9 Å². The first kappa shape index (κ1) is 38.0. The monoisotopic (exact) mass is 749 g/mol. The maximum Gasteiger partial charge on any atom is 0.296 e. The van der Waals surface area contributed by atoms with Gasteiger partial charge in [0, 0.05) is 18.2 Å². The van der Waals surface area contributed by atoms with E-state index in [0.717, 1.165) is 6.07 Å². The molecule has 268 valence electrons. The molecule has 0 unspecified atom stereocenters. The highest BCUT2D eigenvalue weighted by atomic mass is 32.2. The second-order valence-corrected chi connectivity index (χ2v) is 16.4. The largest absolute Gasteiger partial charge is 0.505 e. The van der Waals surface area contributed by atoms with Crippen LogP contribution in [0.1, 0.15) is 25.8 Å². The molecule has 4 N–H and O–H groups in total. The summed E-state index contributed by atoms with van der Waals surface area (Å²) in [5.41, 5.74) is 5.75. The van der Waals surface area contributed by atoms with Crippen LogP contribution < -0.4 is 19.9 Å². The summed E-state index contributed by atoms with van der Waals surface area (Å²) < 4.78 is 102. The van der Waals surface area contributed by atoms with Crippen molar-refractivity contribution in [2.75, 3.05) is 38.6 Å². The van der Waals surface area contributed by atoms with Gasteiger partial charge in [-0.05, 0) is 42.5 Å². The number of rotatable bonds is 13. The number of nitrogens with two attached hydrogens (primary N) is 1. The van der Waals surface area contributed by atoms with E-state index in [1.165, 1.54) is 64.7 Å². The molecule has 0 aliphatic carbocycles. The predicted molar refractivity (Wildman–Crippen MR) is 186 cm³/mol. The van der Waals surface area contributed by atoms with Crippen LogP contribution in [-0.4, -0.2) is 67.7 Å². The van der Waals surface area contributed by atoms with Gasteiger partial charge < -0.3 is 25.1 Å². The van der Waals surface area contributed by atoms with Crippen molar-refractivity contribution < 1.29 is 49.1 Å². The average Bonchev–Trinajstić information content (AvgIpc) is 3.06. The number of hydrogen-bond donors (Lipinski definition) is 3. The average molecular weight is 750 g/mol. The maximum absolute atomic E-state index is 12.8. The van der Waals surface area contributed by atoms with Gasteiger partial charge in [0.1, 0.15) is 49.8 Å². The second kappa shape index (κ2) is 14.6. The third kappa shape index (κ3) is 7.49. The maximum atomic E-state index is 12.8. The first-order valence-corrected chi connectivity index (χ1v) is 19.5. The van der Waals surface area contributed by atoms with E-state index in [-0.39, 0.29) is 66.4 Å². The SMILES string of the molecule is CCCS(=O)(=O)c1cc(OC)c(N=Nc2c(S(=O)(=O)O)cc3ccc(N=Nc4cc(C)c(S(=O)(=O)CC)cc4OC)c(O)c3c2N)cc1OC. The fourth-order valence-electron chi connectivity index (χ4n) is 4.99. The van der Waals surface area contributed by atoms with Crippen LogP contribution in [0.2, 0.25) is 0 Å². The number of benzene rings is 4. The third-order valence-corrected chi connectivity index (χ3v) is 12.2. The van der Waals surface area contributed by atoms with Gasteiger partial charge in [-0.25, -0.2) is 16.8 Å². The summed E-state index contributed by atoms with van der Waals surface area (Å²) in [5.74, 6) is -0.832. The van der Waals surface area contributed by atoms with E-state index in [2.05, 4.69) is 20.5 Å². The normalized spacial score (nSPS) is 12.6. The molecule has 4 aromatic carbocycles. The number of aryl methyl sites for hydroxylation is 1. The standard InChI is InChI=1S/C31H35N5O11S3/c1-7-11-49(40,41)26-16-23(46-5)21(14-24(26)47-6)35-36-30-27(50(42,43)44)13-18-9-10-19(31(37)28(18)29(30)32)33-34-20-12-17(3)25(15-22(20)45-4)48(38,39)8-2/h9-10,12-16,37H,7-8,11,32H2,1-6H3,(H,42,43,44). The number of azo groups is 2. The second-order valence-electron chi connectivity index (χ2n) is 10.7. The van der Waals surface area contributed by atoms with E-state index < -0.39 is 51.8 Å². The summed E-state index contributed by atoms with van der Waals surface area (Å²) in [6.07, 6.45) is 0.345. The Morgan fingerprint density at radius 2 is 1.26 bits per heavy atom. The number of sulfone groups is 2. The Kier molecular flexibility index (Phi) is 11.1. The molecular formula is C31H35N5O11S3. The van der Waals surface area contributed by atoms with E-state index in [1.807, 2.05) is 0 Å². The number of phenolic OH excluding ortho intramolecular Hbond substituents is 1. The van der Waals surface area contributed by atoms with Crippen LogP contribution in [0.4, 0.5) is 28.4 Å². The number of hydrogen-bond acceptors (Lipinski definition) is 15. The van der Waals surface area contributed by atoms with Crippen molar-refractivity contribution >= 4 is 69.0 Å². The van der Waals surface area contributed by atoms with Crippen LogP contribution in [0.25, 0.3) is 10.8 Å². The molecule has 4 rings (SSSR count). The number of aromatic hydroxyl groups is 1. The van der Waals surface area contributed by atoms with Gasteiger partial charge in [-0.2, -0.15) is 8.42 Å². The molecule has 0 radical (unpaired) electrons. The molecule has 0 spiro atoms. The van der Waals surface area contributed by atoms with Crippen molar-refractivity contribution in [2.24, 2.45) is 20.5 Å². The van der Waals surface area contributed by atoms with Gasteiger partial charge in [-0.1, -0.05) is 19.9 Å². The minimum atomic E-state index is -4.96. The van der Waals surface area contributed by atoms with Crippen LogP contribution in [0.3, 0.4) is 0 Å². The van der Waals surface area contributed by atoms with Crippen molar-refractivity contribution in [2.45, 2.75) is 41.9 Å². The van der Waals surface area contributed by atoms with E-state index in [0.29, 0.717) is 12.0 Å². The molecule has 0 saturated heterocycles. The first-order chi connectivity index (χ1) is 23.4. The number of nitrogen functional groups attached to an aromatic ring is 1. The Labute approximate surface area is 289 Å². The minimum Gasteiger partial charge on any atom is -0.505 e. The van der Waals surface area contributed by atoms with Crippen molar-refractivity contribution in [1.82, 2.24) is 0 Å². The van der Waals surface area contributed by atoms with Gasteiger partial charge in [0.15, 0.2) is 25.4 Å². The van der Waals surface area contributed by atoms with E-state index in [4.69, 9.17) is 19.9 Å². The lowest BCUT2D eigenvalue weighted by Gasteiger charge is -2.14. The van der Waals surface area contributed by atoms with Crippen LogP contribution in [-0.2, 0) is 29.8 Å². The summed E-state index contributed by atoms with van der Waals surface area (Å²) in [4.78, 5) is -0.819. The number of anilines is 1. The Balaban J connectivity index is 1.89. The molecule has 0 aliphatic heterocycles.